The Bertz CT molecular complexity index is 376. The molecule has 0 aromatic carbocycles. The van der Waals surface area contributed by atoms with Gasteiger partial charge in [0.05, 0.1) is 0 Å². The summed E-state index contributed by atoms with van der Waals surface area (Å²) in [6.07, 6.45) is 5.84. The first-order valence-electron chi connectivity index (χ1n) is 6.23. The fourth-order valence-electron chi connectivity index (χ4n) is 3.46. The summed E-state index contributed by atoms with van der Waals surface area (Å²) >= 11 is 5.48. The lowest BCUT2D eigenvalue weighted by Gasteiger charge is -2.26. The molecule has 2 bridgehead atoms. The van der Waals surface area contributed by atoms with E-state index in [1.165, 1.54) is 35.0 Å². The van der Waals surface area contributed by atoms with Crippen molar-refractivity contribution in [1.29, 1.82) is 0 Å². The molecule has 2 saturated carbocycles. The van der Waals surface area contributed by atoms with Crippen LogP contribution in [0.2, 0.25) is 0 Å². The lowest BCUT2D eigenvalue weighted by atomic mass is 9.95. The van der Waals surface area contributed by atoms with Crippen LogP contribution in [0, 0.1) is 11.8 Å². The Balaban J connectivity index is 1.65. The minimum atomic E-state index is 0.499. The van der Waals surface area contributed by atoms with Gasteiger partial charge in [-0.25, -0.2) is 0 Å². The fourth-order valence-corrected chi connectivity index (χ4v) is 5.19. The van der Waals surface area contributed by atoms with Crippen LogP contribution in [0.3, 0.4) is 0 Å². The van der Waals surface area contributed by atoms with Gasteiger partial charge in [-0.1, -0.05) is 6.42 Å². The van der Waals surface area contributed by atoms with Gasteiger partial charge in [0.15, 0.2) is 0 Å². The maximum absolute atomic E-state index is 3.83. The van der Waals surface area contributed by atoms with E-state index in [1.807, 2.05) is 11.3 Å². The normalized spacial score (nSPS) is 34.5. The van der Waals surface area contributed by atoms with Crippen molar-refractivity contribution in [2.24, 2.45) is 11.8 Å². The maximum Gasteiger partial charge on any atom is 0.0399 e. The Morgan fingerprint density at radius 1 is 1.44 bits per heavy atom. The van der Waals surface area contributed by atoms with E-state index in [1.54, 1.807) is 0 Å². The molecule has 1 aromatic rings. The van der Waals surface area contributed by atoms with E-state index >= 15 is 0 Å². The first-order chi connectivity index (χ1) is 7.74. The van der Waals surface area contributed by atoms with E-state index in [4.69, 9.17) is 0 Å². The van der Waals surface area contributed by atoms with Gasteiger partial charge in [0.25, 0.3) is 0 Å². The van der Waals surface area contributed by atoms with Gasteiger partial charge in [0, 0.05) is 21.4 Å². The average molecular weight is 300 g/mol. The average Bonchev–Trinajstić information content (AvgIpc) is 2.92. The fraction of sp³-hybridized carbons (Fsp3) is 0.692. The second-order valence-electron chi connectivity index (χ2n) is 5.30. The van der Waals surface area contributed by atoms with Crippen LogP contribution in [0.5, 0.6) is 0 Å². The molecule has 0 aliphatic heterocycles. The van der Waals surface area contributed by atoms with E-state index in [9.17, 15) is 0 Å². The quantitative estimate of drug-likeness (QED) is 0.875. The Hall–Kier alpha value is 0.140. The zero-order chi connectivity index (χ0) is 11.1. The number of halogens is 1. The topological polar surface area (TPSA) is 12.0 Å². The summed E-state index contributed by atoms with van der Waals surface area (Å²) < 4.78 is 1.26. The number of thiophene rings is 1. The third-order valence-electron chi connectivity index (χ3n) is 4.24. The Morgan fingerprint density at radius 3 is 2.88 bits per heavy atom. The molecule has 3 rings (SSSR count). The van der Waals surface area contributed by atoms with Crippen molar-refractivity contribution in [2.45, 2.75) is 44.7 Å². The molecule has 2 aliphatic rings. The highest BCUT2D eigenvalue weighted by Gasteiger charge is 2.39. The molecule has 1 heterocycles. The Kier molecular flexibility index (Phi) is 3.11. The second kappa shape index (κ2) is 4.43. The molecule has 16 heavy (non-hydrogen) atoms. The van der Waals surface area contributed by atoms with Crippen molar-refractivity contribution in [2.75, 3.05) is 0 Å². The third kappa shape index (κ3) is 1.98. The molecule has 1 N–H and O–H groups in total. The molecule has 1 nitrogen and oxygen atoms in total. The Morgan fingerprint density at radius 2 is 2.31 bits per heavy atom. The van der Waals surface area contributed by atoms with Gasteiger partial charge in [-0.3, -0.25) is 0 Å². The summed E-state index contributed by atoms with van der Waals surface area (Å²) in [7, 11) is 0. The van der Waals surface area contributed by atoms with Crippen LogP contribution < -0.4 is 5.32 Å². The molecule has 2 fully saturated rings. The highest BCUT2D eigenvalue weighted by atomic mass is 79.9. The first-order valence-corrected chi connectivity index (χ1v) is 7.90. The smallest absolute Gasteiger partial charge is 0.0399 e. The van der Waals surface area contributed by atoms with Gasteiger partial charge in [-0.2, -0.15) is 0 Å². The minimum absolute atomic E-state index is 0.499. The Labute approximate surface area is 110 Å². The zero-order valence-corrected chi connectivity index (χ0v) is 12.0. The van der Waals surface area contributed by atoms with Gasteiger partial charge in [-0.15, -0.1) is 11.3 Å². The highest BCUT2D eigenvalue weighted by Crippen LogP contribution is 2.45. The van der Waals surface area contributed by atoms with Crippen molar-refractivity contribution in [3.63, 3.8) is 0 Å². The largest absolute Gasteiger partial charge is 0.306 e. The maximum atomic E-state index is 3.83. The predicted octanol–water partition coefficient (Wildman–Crippen LogP) is 4.35. The van der Waals surface area contributed by atoms with Crippen LogP contribution in [-0.2, 0) is 0 Å². The van der Waals surface area contributed by atoms with Crippen LogP contribution in [0.4, 0.5) is 0 Å². The van der Waals surface area contributed by atoms with Crippen molar-refractivity contribution in [3.05, 3.63) is 20.8 Å². The standard InChI is InChI=1S/C13H18BrNS/c1-8(13-11(14)4-5-16-13)15-12-7-9-2-3-10(12)6-9/h4-5,8-10,12,15H,2-3,6-7H2,1H3. The van der Waals surface area contributed by atoms with E-state index in [0.717, 1.165) is 17.9 Å². The lowest BCUT2D eigenvalue weighted by Crippen LogP contribution is -2.35. The number of hydrogen-bond donors (Lipinski definition) is 1. The highest BCUT2D eigenvalue weighted by molar-refractivity contribution is 9.10. The summed E-state index contributed by atoms with van der Waals surface area (Å²) in [5, 5.41) is 6.00. The molecular weight excluding hydrogens is 282 g/mol. The molecule has 1 aromatic heterocycles. The summed E-state index contributed by atoms with van der Waals surface area (Å²) in [6, 6.07) is 3.43. The molecule has 0 radical (unpaired) electrons. The molecule has 0 amide bonds. The van der Waals surface area contributed by atoms with Gasteiger partial charge in [-0.05, 0) is 65.4 Å². The van der Waals surface area contributed by atoms with Crippen LogP contribution in [0.25, 0.3) is 0 Å². The summed E-state index contributed by atoms with van der Waals surface area (Å²) in [5.41, 5.74) is 0. The molecule has 88 valence electrons. The van der Waals surface area contributed by atoms with Crippen molar-refractivity contribution >= 4 is 27.3 Å². The summed E-state index contributed by atoms with van der Waals surface area (Å²) in [5.74, 6) is 1.99. The molecule has 0 saturated heterocycles. The molecule has 0 spiro atoms. The molecular formula is C13H18BrNS. The SMILES string of the molecule is CC(NC1CC2CCC1C2)c1sccc1Br. The van der Waals surface area contributed by atoms with E-state index < -0.39 is 0 Å². The lowest BCUT2D eigenvalue weighted by molar-refractivity contribution is 0.328. The van der Waals surface area contributed by atoms with E-state index in [0.29, 0.717) is 6.04 Å². The van der Waals surface area contributed by atoms with Gasteiger partial charge in [0.2, 0.25) is 0 Å². The third-order valence-corrected chi connectivity index (χ3v) is 6.29. The van der Waals surface area contributed by atoms with Crippen LogP contribution in [0.1, 0.15) is 43.5 Å². The van der Waals surface area contributed by atoms with Crippen LogP contribution >= 0.6 is 27.3 Å². The van der Waals surface area contributed by atoms with Crippen molar-refractivity contribution in [3.8, 4) is 0 Å². The van der Waals surface area contributed by atoms with Crippen molar-refractivity contribution < 1.29 is 0 Å². The van der Waals surface area contributed by atoms with E-state index in [-0.39, 0.29) is 0 Å². The first kappa shape index (κ1) is 11.2. The molecule has 4 unspecified atom stereocenters. The number of nitrogens with one attached hydrogen (secondary N) is 1. The molecule has 4 atom stereocenters. The zero-order valence-electron chi connectivity index (χ0n) is 9.58. The van der Waals surface area contributed by atoms with Crippen LogP contribution in [-0.4, -0.2) is 6.04 Å². The second-order valence-corrected chi connectivity index (χ2v) is 7.10. The van der Waals surface area contributed by atoms with Crippen LogP contribution in [0.15, 0.2) is 15.9 Å². The number of rotatable bonds is 3. The summed E-state index contributed by atoms with van der Waals surface area (Å²) in [6.45, 7) is 2.29. The molecule has 3 heteroatoms. The van der Waals surface area contributed by atoms with Crippen molar-refractivity contribution in [1.82, 2.24) is 5.32 Å². The number of hydrogen-bond acceptors (Lipinski definition) is 2. The van der Waals surface area contributed by atoms with Gasteiger partial charge in [0.1, 0.15) is 0 Å². The minimum Gasteiger partial charge on any atom is -0.306 e. The monoisotopic (exact) mass is 299 g/mol. The van der Waals surface area contributed by atoms with Gasteiger partial charge >= 0.3 is 0 Å². The summed E-state index contributed by atoms with van der Waals surface area (Å²) in [4.78, 5) is 1.45. The predicted molar refractivity (Wildman–Crippen MR) is 72.8 cm³/mol. The van der Waals surface area contributed by atoms with Gasteiger partial charge < -0.3 is 5.32 Å². The number of fused-ring (bicyclic) bond motifs is 2. The van der Waals surface area contributed by atoms with E-state index in [2.05, 4.69) is 39.6 Å². The molecule has 2 aliphatic carbocycles.